The maximum atomic E-state index is 12.6. The Bertz CT molecular complexity index is 1120. The van der Waals surface area contributed by atoms with Gasteiger partial charge in [0.1, 0.15) is 6.04 Å². The summed E-state index contributed by atoms with van der Waals surface area (Å²) in [5, 5.41) is 9.56. The minimum Gasteiger partial charge on any atom is -0.341 e. The van der Waals surface area contributed by atoms with Crippen molar-refractivity contribution < 1.29 is 9.32 Å². The number of amides is 1. The molecule has 0 radical (unpaired) electrons. The minimum absolute atomic E-state index is 0.198. The van der Waals surface area contributed by atoms with Crippen molar-refractivity contribution in [2.24, 2.45) is 0 Å². The molecule has 6 heteroatoms. The first-order valence-corrected chi connectivity index (χ1v) is 8.87. The number of hydrogen-bond acceptors (Lipinski definition) is 4. The fourth-order valence-corrected chi connectivity index (χ4v) is 3.02. The van der Waals surface area contributed by atoms with Crippen molar-refractivity contribution in [2.75, 3.05) is 0 Å². The Morgan fingerprint density at radius 2 is 1.85 bits per heavy atom. The highest BCUT2D eigenvalue weighted by molar-refractivity contribution is 6.30. The van der Waals surface area contributed by atoms with Crippen LogP contribution in [0.2, 0.25) is 5.02 Å². The summed E-state index contributed by atoms with van der Waals surface area (Å²) in [7, 11) is 0. The van der Waals surface area contributed by atoms with E-state index in [0.717, 1.165) is 16.3 Å². The third-order valence-electron chi connectivity index (χ3n) is 4.25. The third kappa shape index (κ3) is 3.68. The molecule has 1 amide bonds. The van der Waals surface area contributed by atoms with Crippen LogP contribution < -0.4 is 5.32 Å². The van der Waals surface area contributed by atoms with Gasteiger partial charge in [-0.2, -0.15) is 4.98 Å². The zero-order chi connectivity index (χ0) is 18.8. The van der Waals surface area contributed by atoms with Crippen LogP contribution in [0.1, 0.15) is 29.2 Å². The minimum atomic E-state index is -0.426. The average molecular weight is 378 g/mol. The van der Waals surface area contributed by atoms with Crippen LogP contribution in [0, 0.1) is 0 Å². The standard InChI is InChI=1S/C21H16ClN3O2/c1-13(21-24-19(25-27-21)16-7-4-8-18(22)12-16)23-20(26)17-10-9-14-5-2-3-6-15(14)11-17/h2-13H,1H3,(H,23,26). The van der Waals surface area contributed by atoms with E-state index >= 15 is 0 Å². The van der Waals surface area contributed by atoms with Crippen molar-refractivity contribution in [2.45, 2.75) is 13.0 Å². The van der Waals surface area contributed by atoms with Gasteiger partial charge >= 0.3 is 0 Å². The molecule has 0 fully saturated rings. The molecular weight excluding hydrogens is 362 g/mol. The molecule has 27 heavy (non-hydrogen) atoms. The van der Waals surface area contributed by atoms with Crippen LogP contribution in [-0.4, -0.2) is 16.0 Å². The molecule has 0 aliphatic heterocycles. The molecule has 5 nitrogen and oxygen atoms in total. The Morgan fingerprint density at radius 1 is 1.04 bits per heavy atom. The second kappa shape index (κ2) is 7.21. The summed E-state index contributed by atoms with van der Waals surface area (Å²) in [5.41, 5.74) is 1.33. The molecule has 0 saturated carbocycles. The molecule has 0 aliphatic carbocycles. The van der Waals surface area contributed by atoms with Crippen LogP contribution in [-0.2, 0) is 0 Å². The predicted octanol–water partition coefficient (Wildman–Crippen LogP) is 5.03. The maximum Gasteiger partial charge on any atom is 0.251 e. The summed E-state index contributed by atoms with van der Waals surface area (Å²) in [6, 6.07) is 20.3. The largest absolute Gasteiger partial charge is 0.341 e. The molecule has 1 N–H and O–H groups in total. The monoisotopic (exact) mass is 377 g/mol. The van der Waals surface area contributed by atoms with Crippen LogP contribution in [0.3, 0.4) is 0 Å². The summed E-state index contributed by atoms with van der Waals surface area (Å²) in [6.07, 6.45) is 0. The molecule has 0 aliphatic rings. The van der Waals surface area contributed by atoms with Gasteiger partial charge in [-0.15, -0.1) is 0 Å². The number of nitrogens with one attached hydrogen (secondary N) is 1. The lowest BCUT2D eigenvalue weighted by Gasteiger charge is -2.10. The van der Waals surface area contributed by atoms with E-state index in [9.17, 15) is 4.79 Å². The number of nitrogens with zero attached hydrogens (tertiary/aromatic N) is 2. The lowest BCUT2D eigenvalue weighted by atomic mass is 10.1. The van der Waals surface area contributed by atoms with Crippen molar-refractivity contribution in [1.29, 1.82) is 0 Å². The topological polar surface area (TPSA) is 68.0 Å². The predicted molar refractivity (Wildman–Crippen MR) is 105 cm³/mol. The van der Waals surface area contributed by atoms with Crippen molar-refractivity contribution in [3.63, 3.8) is 0 Å². The first-order chi connectivity index (χ1) is 13.1. The molecule has 4 aromatic rings. The maximum absolute atomic E-state index is 12.6. The highest BCUT2D eigenvalue weighted by Gasteiger charge is 2.18. The fourth-order valence-electron chi connectivity index (χ4n) is 2.83. The molecule has 0 spiro atoms. The number of carbonyl (C=O) groups excluding carboxylic acids is 1. The molecule has 0 bridgehead atoms. The molecule has 1 atom stereocenters. The van der Waals surface area contributed by atoms with Gasteiger partial charge in [-0.1, -0.05) is 59.2 Å². The van der Waals surface area contributed by atoms with E-state index in [1.54, 1.807) is 25.1 Å². The quantitative estimate of drug-likeness (QED) is 0.541. The first-order valence-electron chi connectivity index (χ1n) is 8.49. The number of hydrogen-bond donors (Lipinski definition) is 1. The van der Waals surface area contributed by atoms with E-state index in [-0.39, 0.29) is 5.91 Å². The Morgan fingerprint density at radius 3 is 2.67 bits per heavy atom. The van der Waals surface area contributed by atoms with Gasteiger partial charge in [0.2, 0.25) is 11.7 Å². The number of fused-ring (bicyclic) bond motifs is 1. The number of rotatable bonds is 4. The molecular formula is C21H16ClN3O2. The second-order valence-corrected chi connectivity index (χ2v) is 6.66. The molecule has 4 rings (SSSR count). The molecule has 1 unspecified atom stereocenters. The van der Waals surface area contributed by atoms with Crippen LogP contribution in [0.15, 0.2) is 71.3 Å². The van der Waals surface area contributed by atoms with Crippen LogP contribution in [0.25, 0.3) is 22.2 Å². The molecule has 0 saturated heterocycles. The summed E-state index contributed by atoms with van der Waals surface area (Å²) < 4.78 is 5.31. The highest BCUT2D eigenvalue weighted by atomic mass is 35.5. The Hall–Kier alpha value is -3.18. The van der Waals surface area contributed by atoms with Gasteiger partial charge in [-0.05, 0) is 42.0 Å². The van der Waals surface area contributed by atoms with Crippen LogP contribution in [0.5, 0.6) is 0 Å². The van der Waals surface area contributed by atoms with Gasteiger partial charge in [0, 0.05) is 16.1 Å². The van der Waals surface area contributed by atoms with Crippen LogP contribution >= 0.6 is 11.6 Å². The first kappa shape index (κ1) is 17.2. The van der Waals surface area contributed by atoms with Gasteiger partial charge in [0.05, 0.1) is 0 Å². The number of aromatic nitrogens is 2. The van der Waals surface area contributed by atoms with E-state index in [1.807, 2.05) is 48.5 Å². The van der Waals surface area contributed by atoms with Gasteiger partial charge in [0.15, 0.2) is 0 Å². The lowest BCUT2D eigenvalue weighted by Crippen LogP contribution is -2.26. The van der Waals surface area contributed by atoms with E-state index in [0.29, 0.717) is 22.3 Å². The van der Waals surface area contributed by atoms with Crippen LogP contribution in [0.4, 0.5) is 0 Å². The average Bonchev–Trinajstić information content (AvgIpc) is 3.18. The number of benzene rings is 3. The lowest BCUT2D eigenvalue weighted by molar-refractivity contribution is 0.0932. The van der Waals surface area contributed by atoms with E-state index in [2.05, 4.69) is 15.5 Å². The molecule has 3 aromatic carbocycles. The summed E-state index contributed by atoms with van der Waals surface area (Å²) in [6.45, 7) is 1.80. The zero-order valence-electron chi connectivity index (χ0n) is 14.5. The van der Waals surface area contributed by atoms with Crippen molar-refractivity contribution >= 4 is 28.3 Å². The molecule has 1 heterocycles. The fraction of sp³-hybridized carbons (Fsp3) is 0.0952. The van der Waals surface area contributed by atoms with E-state index in [1.165, 1.54) is 0 Å². The summed E-state index contributed by atoms with van der Waals surface area (Å²) >= 11 is 6.00. The smallest absolute Gasteiger partial charge is 0.251 e. The van der Waals surface area contributed by atoms with Crippen molar-refractivity contribution in [1.82, 2.24) is 15.5 Å². The van der Waals surface area contributed by atoms with Crippen molar-refractivity contribution in [3.05, 3.63) is 83.2 Å². The Labute approximate surface area is 161 Å². The highest BCUT2D eigenvalue weighted by Crippen LogP contribution is 2.22. The van der Waals surface area contributed by atoms with Gasteiger partial charge < -0.3 is 9.84 Å². The van der Waals surface area contributed by atoms with E-state index in [4.69, 9.17) is 16.1 Å². The molecule has 134 valence electrons. The normalized spacial score (nSPS) is 12.1. The number of carbonyl (C=O) groups is 1. The van der Waals surface area contributed by atoms with Gasteiger partial charge in [0.25, 0.3) is 5.91 Å². The van der Waals surface area contributed by atoms with Gasteiger partial charge in [-0.25, -0.2) is 0 Å². The molecule has 1 aromatic heterocycles. The Balaban J connectivity index is 1.51. The number of halogens is 1. The zero-order valence-corrected chi connectivity index (χ0v) is 15.3. The summed E-state index contributed by atoms with van der Waals surface area (Å²) in [4.78, 5) is 16.9. The second-order valence-electron chi connectivity index (χ2n) is 6.22. The SMILES string of the molecule is CC(NC(=O)c1ccc2ccccc2c1)c1nc(-c2cccc(Cl)c2)no1. The van der Waals surface area contributed by atoms with E-state index < -0.39 is 6.04 Å². The van der Waals surface area contributed by atoms with Gasteiger partial charge in [-0.3, -0.25) is 4.79 Å². The van der Waals surface area contributed by atoms with Crippen molar-refractivity contribution in [3.8, 4) is 11.4 Å². The third-order valence-corrected chi connectivity index (χ3v) is 4.49. The summed E-state index contributed by atoms with van der Waals surface area (Å²) in [5.74, 6) is 0.564. The Kier molecular flexibility index (Phi) is 4.60.